The second-order valence-corrected chi connectivity index (χ2v) is 6.76. The van der Waals surface area contributed by atoms with E-state index in [1.807, 2.05) is 20.8 Å². The summed E-state index contributed by atoms with van der Waals surface area (Å²) in [7, 11) is -2.73. The summed E-state index contributed by atoms with van der Waals surface area (Å²) in [5.74, 6) is 0. The molecule has 0 saturated carbocycles. The summed E-state index contributed by atoms with van der Waals surface area (Å²) >= 11 is 0. The molecule has 6 heteroatoms. The Labute approximate surface area is 91.1 Å². The predicted octanol–water partition coefficient (Wildman–Crippen LogP) is -0.0393. The van der Waals surface area contributed by atoms with Crippen molar-refractivity contribution in [2.24, 2.45) is 0 Å². The third-order valence-electron chi connectivity index (χ3n) is 1.75. The lowest BCUT2D eigenvalue weighted by atomic mass is 10.2. The SMILES string of the molecule is CC(C)(C)OC=O.CS(=O)(=O)C1CNC1. The molecule has 90 valence electrons. The van der Waals surface area contributed by atoms with Gasteiger partial charge in [0.15, 0.2) is 9.84 Å². The fraction of sp³-hybridized carbons (Fsp3) is 0.889. The fourth-order valence-corrected chi connectivity index (χ4v) is 1.55. The number of carbonyl (C=O) groups is 1. The summed E-state index contributed by atoms with van der Waals surface area (Å²) in [6.45, 7) is 7.20. The van der Waals surface area contributed by atoms with Gasteiger partial charge in [0, 0.05) is 19.3 Å². The number of hydrogen-bond acceptors (Lipinski definition) is 5. The molecule has 0 aliphatic carbocycles. The molecule has 1 aliphatic heterocycles. The van der Waals surface area contributed by atoms with Crippen LogP contribution in [0.4, 0.5) is 0 Å². The van der Waals surface area contributed by atoms with Crippen molar-refractivity contribution in [2.75, 3.05) is 19.3 Å². The lowest BCUT2D eigenvalue weighted by molar-refractivity contribution is -0.138. The third kappa shape index (κ3) is 7.33. The van der Waals surface area contributed by atoms with Crippen LogP contribution in [0.25, 0.3) is 0 Å². The van der Waals surface area contributed by atoms with E-state index in [0.29, 0.717) is 19.6 Å². The number of nitrogens with one attached hydrogen (secondary N) is 1. The van der Waals surface area contributed by atoms with E-state index in [1.165, 1.54) is 6.26 Å². The summed E-state index contributed by atoms with van der Waals surface area (Å²) in [4.78, 5) is 9.60. The monoisotopic (exact) mass is 237 g/mol. The summed E-state index contributed by atoms with van der Waals surface area (Å²) in [5, 5.41) is 2.78. The van der Waals surface area contributed by atoms with Crippen molar-refractivity contribution < 1.29 is 17.9 Å². The van der Waals surface area contributed by atoms with Crippen LogP contribution < -0.4 is 5.32 Å². The van der Waals surface area contributed by atoms with Crippen molar-refractivity contribution in [3.05, 3.63) is 0 Å². The number of sulfone groups is 1. The summed E-state index contributed by atoms with van der Waals surface area (Å²) in [6.07, 6.45) is 1.28. The van der Waals surface area contributed by atoms with Gasteiger partial charge >= 0.3 is 0 Å². The van der Waals surface area contributed by atoms with Gasteiger partial charge in [0.25, 0.3) is 6.47 Å². The molecule has 0 amide bonds. The van der Waals surface area contributed by atoms with Gasteiger partial charge in [0.1, 0.15) is 5.60 Å². The van der Waals surface area contributed by atoms with Crippen LogP contribution in [0.2, 0.25) is 0 Å². The Bertz CT molecular complexity index is 288. The van der Waals surface area contributed by atoms with Crippen LogP contribution in [0.3, 0.4) is 0 Å². The summed E-state index contributed by atoms with van der Waals surface area (Å²) < 4.78 is 25.7. The van der Waals surface area contributed by atoms with E-state index in [2.05, 4.69) is 10.1 Å². The molecule has 15 heavy (non-hydrogen) atoms. The van der Waals surface area contributed by atoms with Gasteiger partial charge in [-0.1, -0.05) is 0 Å². The minimum atomic E-state index is -2.73. The maximum atomic E-state index is 10.6. The van der Waals surface area contributed by atoms with Gasteiger partial charge in [-0.2, -0.15) is 0 Å². The number of ether oxygens (including phenoxy) is 1. The molecule has 1 N–H and O–H groups in total. The van der Waals surface area contributed by atoms with Crippen LogP contribution in [0.1, 0.15) is 20.8 Å². The Morgan fingerprint density at radius 2 is 1.80 bits per heavy atom. The van der Waals surface area contributed by atoms with Gasteiger partial charge in [0.2, 0.25) is 0 Å². The molecule has 1 fully saturated rings. The van der Waals surface area contributed by atoms with Gasteiger partial charge < -0.3 is 10.1 Å². The molecule has 0 aromatic rings. The quantitative estimate of drug-likeness (QED) is 0.682. The average molecular weight is 237 g/mol. The standard InChI is InChI=1S/C5H10O2.C4H9NO2S/c1-5(2,3)7-4-6;1-8(6,7)4-2-5-3-4/h4H,1-3H3;4-5H,2-3H2,1H3. The van der Waals surface area contributed by atoms with Crippen LogP contribution in [0, 0.1) is 0 Å². The molecule has 0 atom stereocenters. The molecule has 0 radical (unpaired) electrons. The molecule has 0 unspecified atom stereocenters. The molecule has 1 aliphatic rings. The smallest absolute Gasteiger partial charge is 0.293 e. The Balaban J connectivity index is 0.000000265. The van der Waals surface area contributed by atoms with Crippen molar-refractivity contribution in [1.29, 1.82) is 0 Å². The zero-order valence-electron chi connectivity index (χ0n) is 9.61. The summed E-state index contributed by atoms with van der Waals surface area (Å²) in [6, 6.07) is 0. The molecule has 1 saturated heterocycles. The first-order chi connectivity index (χ1) is 6.67. The highest BCUT2D eigenvalue weighted by Crippen LogP contribution is 2.03. The molecular formula is C9H19NO4S. The number of hydrogen-bond donors (Lipinski definition) is 1. The van der Waals surface area contributed by atoms with Crippen LogP contribution in [-0.2, 0) is 19.4 Å². The van der Waals surface area contributed by atoms with E-state index in [0.717, 1.165) is 0 Å². The van der Waals surface area contributed by atoms with E-state index in [-0.39, 0.29) is 10.9 Å². The maximum absolute atomic E-state index is 10.6. The van der Waals surface area contributed by atoms with Crippen molar-refractivity contribution in [3.8, 4) is 0 Å². The van der Waals surface area contributed by atoms with Crippen molar-refractivity contribution in [3.63, 3.8) is 0 Å². The van der Waals surface area contributed by atoms with Crippen LogP contribution in [0.5, 0.6) is 0 Å². The van der Waals surface area contributed by atoms with E-state index < -0.39 is 9.84 Å². The highest BCUT2D eigenvalue weighted by Gasteiger charge is 2.26. The minimum Gasteiger partial charge on any atom is -0.462 e. The predicted molar refractivity (Wildman–Crippen MR) is 58.4 cm³/mol. The highest BCUT2D eigenvalue weighted by molar-refractivity contribution is 7.91. The Morgan fingerprint density at radius 1 is 1.33 bits per heavy atom. The normalized spacial score (nSPS) is 17.1. The molecule has 0 aromatic carbocycles. The first-order valence-corrected chi connectivity index (χ1v) is 6.63. The van der Waals surface area contributed by atoms with Crippen LogP contribution in [-0.4, -0.2) is 45.1 Å². The fourth-order valence-electron chi connectivity index (χ4n) is 0.709. The zero-order valence-corrected chi connectivity index (χ0v) is 10.4. The van der Waals surface area contributed by atoms with Crippen molar-refractivity contribution >= 4 is 16.3 Å². The first-order valence-electron chi connectivity index (χ1n) is 4.68. The van der Waals surface area contributed by atoms with Gasteiger partial charge in [-0.3, -0.25) is 4.79 Å². The second kappa shape index (κ2) is 5.46. The molecule has 5 nitrogen and oxygen atoms in total. The Morgan fingerprint density at radius 3 is 1.80 bits per heavy atom. The topological polar surface area (TPSA) is 72.5 Å². The van der Waals surface area contributed by atoms with Gasteiger partial charge in [-0.15, -0.1) is 0 Å². The lowest BCUT2D eigenvalue weighted by Crippen LogP contribution is -2.51. The van der Waals surface area contributed by atoms with Gasteiger partial charge in [0.05, 0.1) is 5.25 Å². The van der Waals surface area contributed by atoms with Crippen LogP contribution >= 0.6 is 0 Å². The highest BCUT2D eigenvalue weighted by atomic mass is 32.2. The Kier molecular flexibility index (Phi) is 5.23. The third-order valence-corrected chi connectivity index (χ3v) is 3.30. The Hall–Kier alpha value is -0.620. The van der Waals surface area contributed by atoms with Crippen LogP contribution in [0.15, 0.2) is 0 Å². The van der Waals surface area contributed by atoms with E-state index in [4.69, 9.17) is 0 Å². The molecule has 0 bridgehead atoms. The number of rotatable bonds is 2. The lowest BCUT2D eigenvalue weighted by Gasteiger charge is -2.24. The number of carbonyl (C=O) groups excluding carboxylic acids is 1. The molecule has 0 aromatic heterocycles. The van der Waals surface area contributed by atoms with Crippen molar-refractivity contribution in [1.82, 2.24) is 5.32 Å². The van der Waals surface area contributed by atoms with E-state index in [9.17, 15) is 13.2 Å². The largest absolute Gasteiger partial charge is 0.462 e. The van der Waals surface area contributed by atoms with Gasteiger partial charge in [-0.25, -0.2) is 8.42 Å². The second-order valence-electron chi connectivity index (χ2n) is 4.44. The molecule has 1 heterocycles. The maximum Gasteiger partial charge on any atom is 0.293 e. The average Bonchev–Trinajstić information content (AvgIpc) is 1.74. The van der Waals surface area contributed by atoms with E-state index in [1.54, 1.807) is 0 Å². The van der Waals surface area contributed by atoms with E-state index >= 15 is 0 Å². The molecular weight excluding hydrogens is 218 g/mol. The van der Waals surface area contributed by atoms with Crippen molar-refractivity contribution in [2.45, 2.75) is 31.6 Å². The minimum absolute atomic E-state index is 0.109. The van der Waals surface area contributed by atoms with Gasteiger partial charge in [-0.05, 0) is 20.8 Å². The summed E-state index contributed by atoms with van der Waals surface area (Å²) in [5.41, 5.74) is -0.318. The zero-order chi connectivity index (χ0) is 12.1. The molecule has 1 rings (SSSR count). The first kappa shape index (κ1) is 14.4. The molecule has 0 spiro atoms.